The zero-order valence-corrected chi connectivity index (χ0v) is 23.5. The monoisotopic (exact) mass is 543 g/mol. The molecule has 3 amide bonds. The van der Waals surface area contributed by atoms with Crippen LogP contribution in [0.4, 0.5) is 4.79 Å². The minimum Gasteiger partial charge on any atom is -0.445 e. The number of rotatable bonds is 15. The Balaban J connectivity index is 1.49. The maximum atomic E-state index is 13.1. The molecule has 0 aliphatic carbocycles. The number of alkyl carbamates (subject to hydrolysis) is 1. The molecule has 40 heavy (non-hydrogen) atoms. The number of hydrogen-bond acceptors (Lipinski definition) is 4. The molecule has 0 spiro atoms. The molecule has 0 aliphatic rings. The van der Waals surface area contributed by atoms with E-state index in [2.05, 4.69) is 22.9 Å². The third-order valence-corrected chi connectivity index (χ3v) is 6.72. The molecule has 2 atom stereocenters. The number of hydrogen-bond donors (Lipinski definition) is 3. The van der Waals surface area contributed by atoms with Crippen molar-refractivity contribution in [1.82, 2.24) is 16.0 Å². The van der Waals surface area contributed by atoms with Crippen molar-refractivity contribution in [2.45, 2.75) is 71.1 Å². The van der Waals surface area contributed by atoms with E-state index in [1.54, 1.807) is 0 Å². The lowest BCUT2D eigenvalue weighted by molar-refractivity contribution is -0.123. The van der Waals surface area contributed by atoms with E-state index in [1.807, 2.05) is 91.9 Å². The fourth-order valence-corrected chi connectivity index (χ4v) is 4.30. The van der Waals surface area contributed by atoms with E-state index < -0.39 is 12.1 Å². The van der Waals surface area contributed by atoms with Crippen LogP contribution in [-0.2, 0) is 22.6 Å². The molecule has 7 heteroatoms. The molecule has 2 unspecified atom stereocenters. The van der Waals surface area contributed by atoms with Gasteiger partial charge >= 0.3 is 6.09 Å². The van der Waals surface area contributed by atoms with Crippen molar-refractivity contribution < 1.29 is 19.1 Å². The van der Waals surface area contributed by atoms with Gasteiger partial charge in [0.1, 0.15) is 12.6 Å². The molecule has 212 valence electrons. The number of ether oxygens (including phenoxy) is 1. The smallest absolute Gasteiger partial charge is 0.408 e. The summed E-state index contributed by atoms with van der Waals surface area (Å²) in [6.45, 7) is 4.66. The topological polar surface area (TPSA) is 96.5 Å². The summed E-state index contributed by atoms with van der Waals surface area (Å²) in [4.78, 5) is 38.2. The Bertz CT molecular complexity index is 1180. The van der Waals surface area contributed by atoms with Crippen LogP contribution in [0.1, 0.15) is 79.0 Å². The van der Waals surface area contributed by atoms with E-state index in [9.17, 15) is 14.4 Å². The second kappa shape index (κ2) is 16.7. The zero-order valence-electron chi connectivity index (χ0n) is 23.5. The van der Waals surface area contributed by atoms with Gasteiger partial charge in [-0.05, 0) is 67.9 Å². The third kappa shape index (κ3) is 10.6. The Kier molecular flexibility index (Phi) is 12.7. The largest absolute Gasteiger partial charge is 0.445 e. The Morgan fingerprint density at radius 1 is 0.775 bits per heavy atom. The SMILES string of the molecule is CCCCc1ccc(C(=O)NCCCCC(NC(=O)OCc2ccccc2)C(=O)NC(C)c2ccccc2)cc1. The Morgan fingerprint density at radius 3 is 2.12 bits per heavy atom. The molecule has 0 heterocycles. The fraction of sp³-hybridized carbons (Fsp3) is 0.364. The first-order chi connectivity index (χ1) is 19.5. The van der Waals surface area contributed by atoms with E-state index in [4.69, 9.17) is 4.74 Å². The van der Waals surface area contributed by atoms with Gasteiger partial charge in [-0.25, -0.2) is 4.79 Å². The molecule has 3 aromatic carbocycles. The van der Waals surface area contributed by atoms with E-state index in [1.165, 1.54) is 5.56 Å². The van der Waals surface area contributed by atoms with Gasteiger partial charge in [-0.1, -0.05) is 86.1 Å². The van der Waals surface area contributed by atoms with Crippen molar-refractivity contribution in [3.63, 3.8) is 0 Å². The van der Waals surface area contributed by atoms with Crippen molar-refractivity contribution in [2.24, 2.45) is 0 Å². The third-order valence-electron chi connectivity index (χ3n) is 6.72. The van der Waals surface area contributed by atoms with Gasteiger partial charge in [0.05, 0.1) is 6.04 Å². The van der Waals surface area contributed by atoms with Gasteiger partial charge < -0.3 is 20.7 Å². The van der Waals surface area contributed by atoms with Crippen LogP contribution >= 0.6 is 0 Å². The lowest BCUT2D eigenvalue weighted by Gasteiger charge is -2.21. The Hall–Kier alpha value is -4.13. The standard InChI is InChI=1S/C33H41N3O4/c1-3-4-13-26-19-21-29(22-20-26)31(37)34-23-12-11-18-30(32(38)35-25(2)28-16-9-6-10-17-28)36-33(39)40-24-27-14-7-5-8-15-27/h5-10,14-17,19-22,25,30H,3-4,11-13,18,23-24H2,1-2H3,(H,34,37)(H,35,38)(H,36,39). The minimum atomic E-state index is -0.763. The highest BCUT2D eigenvalue weighted by atomic mass is 16.5. The summed E-state index contributed by atoms with van der Waals surface area (Å²) in [5.74, 6) is -0.393. The zero-order chi connectivity index (χ0) is 28.6. The van der Waals surface area contributed by atoms with Crippen LogP contribution in [0, 0.1) is 0 Å². The molecule has 3 aromatic rings. The molecule has 3 rings (SSSR count). The normalized spacial score (nSPS) is 12.2. The van der Waals surface area contributed by atoms with E-state index in [0.29, 0.717) is 31.4 Å². The molecule has 0 saturated heterocycles. The number of aryl methyl sites for hydroxylation is 1. The minimum absolute atomic E-state index is 0.115. The van der Waals surface area contributed by atoms with Gasteiger partial charge in [0.2, 0.25) is 5.91 Å². The summed E-state index contributed by atoms with van der Waals surface area (Å²) in [6, 6.07) is 25.8. The highest BCUT2D eigenvalue weighted by Crippen LogP contribution is 2.13. The van der Waals surface area contributed by atoms with Gasteiger partial charge in [0.15, 0.2) is 0 Å². The number of carbonyl (C=O) groups excluding carboxylic acids is 3. The Morgan fingerprint density at radius 2 is 1.45 bits per heavy atom. The average molecular weight is 544 g/mol. The second-order valence-electron chi connectivity index (χ2n) is 9.95. The number of carbonyl (C=O) groups is 3. The first-order valence-electron chi connectivity index (χ1n) is 14.2. The number of amides is 3. The Labute approximate surface area is 237 Å². The highest BCUT2D eigenvalue weighted by Gasteiger charge is 2.23. The number of unbranched alkanes of at least 4 members (excludes halogenated alkanes) is 2. The fourth-order valence-electron chi connectivity index (χ4n) is 4.30. The van der Waals surface area contributed by atoms with Gasteiger partial charge in [-0.15, -0.1) is 0 Å². The maximum Gasteiger partial charge on any atom is 0.408 e. The van der Waals surface area contributed by atoms with Gasteiger partial charge in [-0.2, -0.15) is 0 Å². The highest BCUT2D eigenvalue weighted by molar-refractivity contribution is 5.94. The van der Waals surface area contributed by atoms with Crippen LogP contribution < -0.4 is 16.0 Å². The first kappa shape index (κ1) is 30.4. The molecule has 0 radical (unpaired) electrons. The first-order valence-corrected chi connectivity index (χ1v) is 14.2. The van der Waals surface area contributed by atoms with Crippen LogP contribution in [-0.4, -0.2) is 30.5 Å². The summed E-state index contributed by atoms with van der Waals surface area (Å²) >= 11 is 0. The van der Waals surface area contributed by atoms with Crippen LogP contribution in [0.25, 0.3) is 0 Å². The van der Waals surface area contributed by atoms with Crippen molar-refractivity contribution in [2.75, 3.05) is 6.54 Å². The van der Waals surface area contributed by atoms with Crippen LogP contribution in [0.3, 0.4) is 0 Å². The predicted octanol–water partition coefficient (Wildman–Crippen LogP) is 6.10. The quantitative estimate of drug-likeness (QED) is 0.202. The molecule has 0 aliphatic heterocycles. The van der Waals surface area contributed by atoms with E-state index >= 15 is 0 Å². The van der Waals surface area contributed by atoms with Crippen LogP contribution in [0.15, 0.2) is 84.9 Å². The van der Waals surface area contributed by atoms with Gasteiger partial charge in [-0.3, -0.25) is 9.59 Å². The molecular formula is C33H41N3O4. The molecule has 0 saturated carbocycles. The lowest BCUT2D eigenvalue weighted by atomic mass is 10.1. The summed E-state index contributed by atoms with van der Waals surface area (Å²) in [5.41, 5.74) is 3.71. The van der Waals surface area contributed by atoms with Crippen molar-refractivity contribution >= 4 is 17.9 Å². The second-order valence-corrected chi connectivity index (χ2v) is 9.95. The van der Waals surface area contributed by atoms with Crippen molar-refractivity contribution in [3.05, 3.63) is 107 Å². The van der Waals surface area contributed by atoms with Crippen molar-refractivity contribution in [1.29, 1.82) is 0 Å². The summed E-state index contributed by atoms with van der Waals surface area (Å²) in [5, 5.41) is 8.67. The molecular weight excluding hydrogens is 502 g/mol. The molecule has 3 N–H and O–H groups in total. The van der Waals surface area contributed by atoms with Crippen LogP contribution in [0.5, 0.6) is 0 Å². The van der Waals surface area contributed by atoms with Gasteiger partial charge in [0.25, 0.3) is 5.91 Å². The maximum absolute atomic E-state index is 13.1. The number of benzene rings is 3. The van der Waals surface area contributed by atoms with Gasteiger partial charge in [0, 0.05) is 12.1 Å². The van der Waals surface area contributed by atoms with Crippen LogP contribution in [0.2, 0.25) is 0 Å². The van der Waals surface area contributed by atoms with Crippen molar-refractivity contribution in [3.8, 4) is 0 Å². The number of nitrogens with one attached hydrogen (secondary N) is 3. The summed E-state index contributed by atoms with van der Waals surface area (Å²) < 4.78 is 5.35. The van der Waals surface area contributed by atoms with E-state index in [-0.39, 0.29) is 24.5 Å². The van der Waals surface area contributed by atoms with E-state index in [0.717, 1.165) is 30.4 Å². The molecule has 0 aromatic heterocycles. The molecule has 0 fully saturated rings. The summed E-state index contributed by atoms with van der Waals surface area (Å²) in [7, 11) is 0. The average Bonchev–Trinajstić information content (AvgIpc) is 2.99. The summed E-state index contributed by atoms with van der Waals surface area (Å²) in [6.07, 6.45) is 4.36. The predicted molar refractivity (Wildman–Crippen MR) is 158 cm³/mol. The lowest BCUT2D eigenvalue weighted by Crippen LogP contribution is -2.47. The molecule has 7 nitrogen and oxygen atoms in total. The molecule has 0 bridgehead atoms.